The average Bonchev–Trinajstić information content (AvgIpc) is 2.42. The molecule has 1 nitrogen and oxygen atoms in total. The van der Waals surface area contributed by atoms with Crippen LogP contribution in [0.2, 0.25) is 0 Å². The van der Waals surface area contributed by atoms with E-state index in [1.807, 2.05) is 0 Å². The van der Waals surface area contributed by atoms with Gasteiger partial charge in [-0.2, -0.15) is 8.78 Å². The van der Waals surface area contributed by atoms with Crippen molar-refractivity contribution in [1.29, 1.82) is 0 Å². The second-order valence-corrected chi connectivity index (χ2v) is 4.41. The summed E-state index contributed by atoms with van der Waals surface area (Å²) in [7, 11) is 0. The monoisotopic (exact) mass is 283 g/mol. The third-order valence-corrected chi connectivity index (χ3v) is 2.87. The van der Waals surface area contributed by atoms with Gasteiger partial charge in [0, 0.05) is 23.7 Å². The molecule has 2 rings (SSSR count). The van der Waals surface area contributed by atoms with Crippen LogP contribution in [0.4, 0.5) is 17.6 Å². The van der Waals surface area contributed by atoms with Crippen LogP contribution in [0.5, 0.6) is 0 Å². The van der Waals surface area contributed by atoms with Crippen LogP contribution in [-0.2, 0) is 12.5 Å². The maximum atomic E-state index is 13.8. The van der Waals surface area contributed by atoms with Gasteiger partial charge in [0.25, 0.3) is 5.92 Å². The summed E-state index contributed by atoms with van der Waals surface area (Å²) in [6, 6.07) is 10.4. The van der Waals surface area contributed by atoms with E-state index in [0.717, 1.165) is 12.1 Å². The fraction of sp³-hybridized carbons (Fsp3) is 0.200. The molecular weight excluding hydrogens is 270 g/mol. The number of hydrogen-bond acceptors (Lipinski definition) is 1. The van der Waals surface area contributed by atoms with Crippen LogP contribution >= 0.6 is 0 Å². The highest BCUT2D eigenvalue weighted by molar-refractivity contribution is 5.21. The highest BCUT2D eigenvalue weighted by Gasteiger charge is 2.30. The largest absolute Gasteiger partial charge is 0.307 e. The van der Waals surface area contributed by atoms with Gasteiger partial charge in [-0.05, 0) is 6.07 Å². The Labute approximate surface area is 114 Å². The first-order chi connectivity index (χ1) is 9.49. The van der Waals surface area contributed by atoms with Crippen molar-refractivity contribution in [2.45, 2.75) is 12.5 Å². The van der Waals surface area contributed by atoms with E-state index in [2.05, 4.69) is 5.32 Å². The number of rotatable bonds is 5. The first-order valence-corrected chi connectivity index (χ1v) is 6.07. The van der Waals surface area contributed by atoms with Crippen molar-refractivity contribution in [1.82, 2.24) is 5.32 Å². The Kier molecular flexibility index (Phi) is 4.39. The molecule has 0 aromatic heterocycles. The van der Waals surface area contributed by atoms with Crippen LogP contribution in [-0.4, -0.2) is 6.54 Å². The minimum absolute atomic E-state index is 0.0888. The lowest BCUT2D eigenvalue weighted by atomic mass is 10.1. The zero-order chi connectivity index (χ0) is 14.6. The van der Waals surface area contributed by atoms with E-state index in [4.69, 9.17) is 0 Å². The Bertz CT molecular complexity index is 569. The van der Waals surface area contributed by atoms with Gasteiger partial charge in [-0.25, -0.2) is 8.78 Å². The summed E-state index contributed by atoms with van der Waals surface area (Å²) >= 11 is 0. The summed E-state index contributed by atoms with van der Waals surface area (Å²) in [5.41, 5.74) is 0.0438. The van der Waals surface area contributed by atoms with Crippen molar-refractivity contribution in [2.75, 3.05) is 6.54 Å². The van der Waals surface area contributed by atoms with Gasteiger partial charge < -0.3 is 5.32 Å². The van der Waals surface area contributed by atoms with Gasteiger partial charge in [0.05, 0.1) is 6.54 Å². The van der Waals surface area contributed by atoms with Crippen LogP contribution in [0.3, 0.4) is 0 Å². The summed E-state index contributed by atoms with van der Waals surface area (Å²) in [6.07, 6.45) is 0. The van der Waals surface area contributed by atoms with Crippen LogP contribution < -0.4 is 5.32 Å². The van der Waals surface area contributed by atoms with E-state index in [1.165, 1.54) is 30.3 Å². The molecule has 5 heteroatoms. The van der Waals surface area contributed by atoms with Gasteiger partial charge in [-0.15, -0.1) is 0 Å². The van der Waals surface area contributed by atoms with Crippen LogP contribution in [0, 0.1) is 11.6 Å². The Morgan fingerprint density at radius 1 is 0.950 bits per heavy atom. The fourth-order valence-electron chi connectivity index (χ4n) is 1.80. The topological polar surface area (TPSA) is 12.0 Å². The van der Waals surface area contributed by atoms with Gasteiger partial charge in [-0.3, -0.25) is 0 Å². The third-order valence-electron chi connectivity index (χ3n) is 2.87. The number of benzene rings is 2. The van der Waals surface area contributed by atoms with Crippen molar-refractivity contribution >= 4 is 0 Å². The molecule has 0 atom stereocenters. The molecule has 0 aliphatic heterocycles. The molecule has 0 saturated carbocycles. The third kappa shape index (κ3) is 3.57. The second kappa shape index (κ2) is 6.05. The molecule has 0 aliphatic carbocycles. The van der Waals surface area contributed by atoms with Crippen molar-refractivity contribution in [3.8, 4) is 0 Å². The van der Waals surface area contributed by atoms with Gasteiger partial charge in [0.1, 0.15) is 11.6 Å². The summed E-state index contributed by atoms with van der Waals surface area (Å²) in [5, 5.41) is 2.49. The van der Waals surface area contributed by atoms with Crippen molar-refractivity contribution in [3.63, 3.8) is 0 Å². The SMILES string of the molecule is Fc1ccc(CNCC(F)(F)c2ccccc2)c(F)c1. The lowest BCUT2D eigenvalue weighted by molar-refractivity contribution is -0.00350. The lowest BCUT2D eigenvalue weighted by Gasteiger charge is -2.17. The first-order valence-electron chi connectivity index (χ1n) is 6.07. The van der Waals surface area contributed by atoms with Gasteiger partial charge >= 0.3 is 0 Å². The molecule has 0 saturated heterocycles. The van der Waals surface area contributed by atoms with E-state index < -0.39 is 24.1 Å². The van der Waals surface area contributed by atoms with Crippen molar-refractivity contribution < 1.29 is 17.6 Å². The standard InChI is InChI=1S/C15H13F4N/c16-13-7-6-11(14(17)8-13)9-20-10-15(18,19)12-4-2-1-3-5-12/h1-8,20H,9-10H2. The Morgan fingerprint density at radius 2 is 1.65 bits per heavy atom. The van der Waals surface area contributed by atoms with Crippen molar-refractivity contribution in [3.05, 3.63) is 71.3 Å². The second-order valence-electron chi connectivity index (χ2n) is 4.41. The molecule has 0 fully saturated rings. The molecule has 0 bridgehead atoms. The molecule has 0 amide bonds. The fourth-order valence-corrected chi connectivity index (χ4v) is 1.80. The van der Waals surface area contributed by atoms with Crippen LogP contribution in [0.1, 0.15) is 11.1 Å². The molecule has 1 N–H and O–H groups in total. The average molecular weight is 283 g/mol. The van der Waals surface area contributed by atoms with Crippen molar-refractivity contribution in [2.24, 2.45) is 0 Å². The minimum Gasteiger partial charge on any atom is -0.307 e. The van der Waals surface area contributed by atoms with E-state index in [9.17, 15) is 17.6 Å². The Hall–Kier alpha value is -1.88. The highest BCUT2D eigenvalue weighted by atomic mass is 19.3. The molecule has 0 aliphatic rings. The molecule has 106 valence electrons. The zero-order valence-electron chi connectivity index (χ0n) is 10.5. The quantitative estimate of drug-likeness (QED) is 0.822. The van der Waals surface area contributed by atoms with E-state index in [1.54, 1.807) is 6.07 Å². The molecule has 0 unspecified atom stereocenters. The van der Waals surface area contributed by atoms with Gasteiger partial charge in [-0.1, -0.05) is 36.4 Å². The minimum atomic E-state index is -3.04. The lowest BCUT2D eigenvalue weighted by Crippen LogP contribution is -2.30. The molecule has 2 aromatic carbocycles. The number of nitrogens with one attached hydrogen (secondary N) is 1. The molecule has 2 aromatic rings. The summed E-state index contributed by atoms with van der Waals surface area (Å²) in [5.74, 6) is -4.49. The number of hydrogen-bond donors (Lipinski definition) is 1. The zero-order valence-corrected chi connectivity index (χ0v) is 10.5. The maximum absolute atomic E-state index is 13.8. The summed E-state index contributed by atoms with van der Waals surface area (Å²) < 4.78 is 53.6. The molecule has 0 radical (unpaired) electrons. The van der Waals surface area contributed by atoms with Crippen LogP contribution in [0.25, 0.3) is 0 Å². The molecular formula is C15H13F4N. The smallest absolute Gasteiger partial charge is 0.285 e. The number of halogens is 4. The summed E-state index contributed by atoms with van der Waals surface area (Å²) in [4.78, 5) is 0. The van der Waals surface area contributed by atoms with Crippen LogP contribution in [0.15, 0.2) is 48.5 Å². The van der Waals surface area contributed by atoms with Gasteiger partial charge in [0.15, 0.2) is 0 Å². The highest BCUT2D eigenvalue weighted by Crippen LogP contribution is 2.26. The Morgan fingerprint density at radius 3 is 2.30 bits per heavy atom. The predicted molar refractivity (Wildman–Crippen MR) is 68.4 cm³/mol. The first kappa shape index (κ1) is 14.5. The van der Waals surface area contributed by atoms with E-state index in [0.29, 0.717) is 0 Å². The predicted octanol–water partition coefficient (Wildman–Crippen LogP) is 3.85. The Balaban J connectivity index is 1.95. The molecule has 0 spiro atoms. The maximum Gasteiger partial charge on any atom is 0.285 e. The number of alkyl halides is 2. The normalized spacial score (nSPS) is 11.6. The van der Waals surface area contributed by atoms with E-state index >= 15 is 0 Å². The summed E-state index contributed by atoms with van der Waals surface area (Å²) in [6.45, 7) is -0.706. The van der Waals surface area contributed by atoms with E-state index in [-0.39, 0.29) is 17.7 Å². The molecule has 0 heterocycles. The van der Waals surface area contributed by atoms with Gasteiger partial charge in [0.2, 0.25) is 0 Å². The molecule has 20 heavy (non-hydrogen) atoms.